The predicted octanol–water partition coefficient (Wildman–Crippen LogP) is 1.23. The molecule has 1 rings (SSSR count). The van der Waals surface area contributed by atoms with Crippen LogP contribution in [0, 0.1) is 6.92 Å². The average Bonchev–Trinajstić information content (AvgIpc) is 2.29. The van der Waals surface area contributed by atoms with E-state index in [1.165, 1.54) is 19.1 Å². The summed E-state index contributed by atoms with van der Waals surface area (Å²) in [5, 5.41) is 29.0. The zero-order chi connectivity index (χ0) is 13.2. The standard InChI is InChI=1S/C12H16O4S/c1-6-3-9(7(2)13)10(14)4-8(6)12(16)11(15)5-17/h3-4,11-12,14-17H,5H2,1-2H3. The van der Waals surface area contributed by atoms with Crippen LogP contribution in [-0.2, 0) is 0 Å². The van der Waals surface area contributed by atoms with Crippen molar-refractivity contribution in [3.05, 3.63) is 28.8 Å². The zero-order valence-electron chi connectivity index (χ0n) is 9.71. The first-order chi connectivity index (χ1) is 7.88. The molecule has 0 aliphatic carbocycles. The quantitative estimate of drug-likeness (QED) is 0.482. The number of benzene rings is 1. The number of hydrogen-bond acceptors (Lipinski definition) is 5. The smallest absolute Gasteiger partial charge is 0.163 e. The molecule has 2 atom stereocenters. The molecule has 4 nitrogen and oxygen atoms in total. The SMILES string of the molecule is CC(=O)c1cc(C)c(C(O)C(O)CS)cc1O. The predicted molar refractivity (Wildman–Crippen MR) is 67.7 cm³/mol. The number of ketones is 1. The Labute approximate surface area is 105 Å². The van der Waals surface area contributed by atoms with E-state index in [4.69, 9.17) is 0 Å². The molecule has 0 radical (unpaired) electrons. The minimum Gasteiger partial charge on any atom is -0.507 e. The van der Waals surface area contributed by atoms with Crippen molar-refractivity contribution >= 4 is 18.4 Å². The molecule has 1 aromatic rings. The molecule has 0 aliphatic rings. The van der Waals surface area contributed by atoms with E-state index < -0.39 is 12.2 Å². The number of aliphatic hydroxyl groups is 2. The molecule has 0 saturated heterocycles. The highest BCUT2D eigenvalue weighted by atomic mass is 32.1. The molecule has 0 saturated carbocycles. The van der Waals surface area contributed by atoms with Crippen LogP contribution in [0.3, 0.4) is 0 Å². The molecule has 0 aromatic heterocycles. The van der Waals surface area contributed by atoms with E-state index >= 15 is 0 Å². The lowest BCUT2D eigenvalue weighted by Crippen LogP contribution is -2.20. The third kappa shape index (κ3) is 3.00. The van der Waals surface area contributed by atoms with E-state index in [0.717, 1.165) is 0 Å². The van der Waals surface area contributed by atoms with E-state index in [1.807, 2.05) is 0 Å². The highest BCUT2D eigenvalue weighted by Crippen LogP contribution is 2.28. The van der Waals surface area contributed by atoms with Gasteiger partial charge in [0.2, 0.25) is 0 Å². The van der Waals surface area contributed by atoms with Gasteiger partial charge in [-0.2, -0.15) is 12.6 Å². The van der Waals surface area contributed by atoms with Gasteiger partial charge in [-0.15, -0.1) is 0 Å². The number of aromatic hydroxyl groups is 1. The number of carbonyl (C=O) groups excluding carboxylic acids is 1. The Balaban J connectivity index is 3.20. The van der Waals surface area contributed by atoms with Crippen molar-refractivity contribution in [2.75, 3.05) is 5.75 Å². The van der Waals surface area contributed by atoms with Gasteiger partial charge >= 0.3 is 0 Å². The summed E-state index contributed by atoms with van der Waals surface area (Å²) in [7, 11) is 0. The second-order valence-electron chi connectivity index (χ2n) is 3.98. The topological polar surface area (TPSA) is 77.8 Å². The van der Waals surface area contributed by atoms with E-state index in [-0.39, 0.29) is 22.8 Å². The number of rotatable bonds is 4. The summed E-state index contributed by atoms with van der Waals surface area (Å²) in [5.41, 5.74) is 1.24. The van der Waals surface area contributed by atoms with Crippen molar-refractivity contribution in [3.63, 3.8) is 0 Å². The van der Waals surface area contributed by atoms with Crippen molar-refractivity contribution in [2.24, 2.45) is 0 Å². The van der Waals surface area contributed by atoms with Crippen LogP contribution in [0.25, 0.3) is 0 Å². The van der Waals surface area contributed by atoms with Gasteiger partial charge in [0, 0.05) is 5.75 Å². The highest BCUT2D eigenvalue weighted by Gasteiger charge is 2.21. The van der Waals surface area contributed by atoms with Gasteiger partial charge in [0.25, 0.3) is 0 Å². The van der Waals surface area contributed by atoms with Crippen molar-refractivity contribution in [1.82, 2.24) is 0 Å². The summed E-state index contributed by atoms with van der Waals surface area (Å²) in [5.74, 6) is -0.333. The van der Waals surface area contributed by atoms with Crippen molar-refractivity contribution in [3.8, 4) is 5.75 Å². The molecular weight excluding hydrogens is 240 g/mol. The molecule has 5 heteroatoms. The highest BCUT2D eigenvalue weighted by molar-refractivity contribution is 7.80. The molecule has 1 aromatic carbocycles. The first kappa shape index (κ1) is 14.0. The van der Waals surface area contributed by atoms with Crippen molar-refractivity contribution in [1.29, 1.82) is 0 Å². The minimum absolute atomic E-state index is 0.107. The summed E-state index contributed by atoms with van der Waals surface area (Å²) in [6.07, 6.45) is -2.14. The molecule has 0 fully saturated rings. The Kier molecular flexibility index (Phi) is 4.56. The van der Waals surface area contributed by atoms with Crippen LogP contribution in [0.2, 0.25) is 0 Å². The zero-order valence-corrected chi connectivity index (χ0v) is 10.6. The number of carbonyl (C=O) groups is 1. The fourth-order valence-electron chi connectivity index (χ4n) is 1.62. The fraction of sp³-hybridized carbons (Fsp3) is 0.417. The van der Waals surface area contributed by atoms with Crippen molar-refractivity contribution in [2.45, 2.75) is 26.1 Å². The Morgan fingerprint density at radius 2 is 2.00 bits per heavy atom. The molecule has 94 valence electrons. The van der Waals surface area contributed by atoms with E-state index in [0.29, 0.717) is 11.1 Å². The van der Waals surface area contributed by atoms with Crippen LogP contribution in [0.5, 0.6) is 5.75 Å². The molecule has 2 unspecified atom stereocenters. The number of thiol groups is 1. The lowest BCUT2D eigenvalue weighted by Gasteiger charge is -2.19. The minimum atomic E-state index is -1.13. The third-order valence-corrected chi connectivity index (χ3v) is 3.01. The Bertz CT molecular complexity index is 431. The number of aliphatic hydroxyl groups excluding tert-OH is 2. The Hall–Kier alpha value is -1.04. The van der Waals surface area contributed by atoms with Gasteiger partial charge in [0.1, 0.15) is 11.9 Å². The molecule has 17 heavy (non-hydrogen) atoms. The van der Waals surface area contributed by atoms with Gasteiger partial charge < -0.3 is 15.3 Å². The molecular formula is C12H16O4S. The van der Waals surface area contributed by atoms with Gasteiger partial charge in [0.05, 0.1) is 11.7 Å². The summed E-state index contributed by atoms with van der Waals surface area (Å²) in [4.78, 5) is 11.2. The molecule has 0 heterocycles. The second kappa shape index (κ2) is 5.53. The summed E-state index contributed by atoms with van der Waals surface area (Å²) < 4.78 is 0. The summed E-state index contributed by atoms with van der Waals surface area (Å²) in [6, 6.07) is 2.81. The van der Waals surface area contributed by atoms with Crippen LogP contribution in [-0.4, -0.2) is 33.0 Å². The van der Waals surface area contributed by atoms with Crippen LogP contribution >= 0.6 is 12.6 Å². The maximum atomic E-state index is 11.2. The fourth-order valence-corrected chi connectivity index (χ4v) is 1.82. The molecule has 0 bridgehead atoms. The van der Waals surface area contributed by atoms with E-state index in [1.54, 1.807) is 6.92 Å². The van der Waals surface area contributed by atoms with Crippen LogP contribution in [0.4, 0.5) is 0 Å². The van der Waals surface area contributed by atoms with E-state index in [9.17, 15) is 20.1 Å². The normalized spacial score (nSPS) is 14.4. The Morgan fingerprint density at radius 3 is 2.47 bits per heavy atom. The van der Waals surface area contributed by atoms with Gasteiger partial charge in [-0.05, 0) is 37.1 Å². The number of phenols is 1. The molecule has 0 spiro atoms. The molecule has 0 amide bonds. The average molecular weight is 256 g/mol. The molecule has 3 N–H and O–H groups in total. The number of aryl methyl sites for hydroxylation is 1. The first-order valence-corrected chi connectivity index (χ1v) is 5.83. The van der Waals surface area contributed by atoms with Gasteiger partial charge in [-0.1, -0.05) is 0 Å². The first-order valence-electron chi connectivity index (χ1n) is 5.20. The summed E-state index contributed by atoms with van der Waals surface area (Å²) >= 11 is 3.89. The van der Waals surface area contributed by atoms with Crippen LogP contribution in [0.1, 0.15) is 34.5 Å². The van der Waals surface area contributed by atoms with Crippen LogP contribution in [0.15, 0.2) is 12.1 Å². The largest absolute Gasteiger partial charge is 0.507 e. The number of Topliss-reactive ketones (excluding diaryl/α,β-unsaturated/α-hetero) is 1. The van der Waals surface area contributed by atoms with Gasteiger partial charge in [-0.25, -0.2) is 0 Å². The maximum Gasteiger partial charge on any atom is 0.163 e. The summed E-state index contributed by atoms with van der Waals surface area (Å²) in [6.45, 7) is 3.06. The van der Waals surface area contributed by atoms with E-state index in [2.05, 4.69) is 12.6 Å². The second-order valence-corrected chi connectivity index (χ2v) is 4.34. The number of hydrogen-bond donors (Lipinski definition) is 4. The lowest BCUT2D eigenvalue weighted by atomic mass is 9.96. The third-order valence-electron chi connectivity index (χ3n) is 2.63. The lowest BCUT2D eigenvalue weighted by molar-refractivity contribution is 0.0332. The number of phenolic OH excluding ortho intramolecular Hbond substituents is 1. The maximum absolute atomic E-state index is 11.2. The van der Waals surface area contributed by atoms with Crippen LogP contribution < -0.4 is 0 Å². The van der Waals surface area contributed by atoms with Gasteiger partial charge in [0.15, 0.2) is 5.78 Å². The molecule has 0 aliphatic heterocycles. The monoisotopic (exact) mass is 256 g/mol. The van der Waals surface area contributed by atoms with Crippen molar-refractivity contribution < 1.29 is 20.1 Å². The van der Waals surface area contributed by atoms with Gasteiger partial charge in [-0.3, -0.25) is 4.79 Å². The Morgan fingerprint density at radius 1 is 1.41 bits per heavy atom.